The molecule has 0 saturated heterocycles. The van der Waals surface area contributed by atoms with Gasteiger partial charge in [-0.05, 0) is 25.0 Å². The summed E-state index contributed by atoms with van der Waals surface area (Å²) in [7, 11) is 0. The Morgan fingerprint density at radius 3 is 2.81 bits per heavy atom. The van der Waals surface area contributed by atoms with E-state index in [9.17, 15) is 9.59 Å². The van der Waals surface area contributed by atoms with Gasteiger partial charge in [-0.15, -0.1) is 15.3 Å². The van der Waals surface area contributed by atoms with Gasteiger partial charge < -0.3 is 10.0 Å². The topological polar surface area (TPSA) is 88.1 Å². The summed E-state index contributed by atoms with van der Waals surface area (Å²) < 4.78 is 17.2. The van der Waals surface area contributed by atoms with Crippen molar-refractivity contribution in [3.8, 4) is 17.3 Å². The zero-order chi connectivity index (χ0) is 17.5. The molecule has 3 aromatic rings. The fourth-order valence-corrected chi connectivity index (χ4v) is 3.48. The van der Waals surface area contributed by atoms with E-state index in [1.165, 1.54) is 10.9 Å². The van der Waals surface area contributed by atoms with E-state index < -0.39 is 5.60 Å². The van der Waals surface area contributed by atoms with Crippen LogP contribution in [0.4, 0.5) is 10.2 Å². The number of aromatic nitrogens is 6. The van der Waals surface area contributed by atoms with Crippen LogP contribution < -0.4 is 4.90 Å². The third kappa shape index (κ3) is 1.71. The van der Waals surface area contributed by atoms with Crippen molar-refractivity contribution < 1.29 is 9.59 Å². The van der Waals surface area contributed by atoms with Crippen LogP contribution in [0.3, 0.4) is 0 Å². The Morgan fingerprint density at radius 2 is 1.96 bits per heavy atom. The molecule has 0 atom stereocenters. The quantitative estimate of drug-likeness (QED) is 0.694. The molecular formula is C16H13FN8O. The van der Waals surface area contributed by atoms with Gasteiger partial charge in [-0.25, -0.2) is 4.57 Å². The van der Waals surface area contributed by atoms with Crippen LogP contribution in [-0.2, 0) is 5.60 Å². The molecule has 9 nitrogen and oxygen atoms in total. The van der Waals surface area contributed by atoms with Crippen molar-refractivity contribution in [1.82, 2.24) is 34.9 Å². The van der Waals surface area contributed by atoms with Gasteiger partial charge in [0, 0.05) is 5.56 Å². The molecule has 1 fully saturated rings. The maximum atomic E-state index is 14.0. The molecule has 0 bridgehead atoms. The minimum absolute atomic E-state index is 0.0891. The van der Waals surface area contributed by atoms with E-state index in [0.717, 1.165) is 11.3 Å². The maximum absolute atomic E-state index is 14.0. The number of anilines is 1. The highest BCUT2D eigenvalue weighted by Crippen LogP contribution is 2.45. The predicted molar refractivity (Wildman–Crippen MR) is 88.1 cm³/mol. The lowest BCUT2D eigenvalue weighted by molar-refractivity contribution is 0.104. The van der Waals surface area contributed by atoms with E-state index in [-0.39, 0.29) is 6.67 Å². The normalized spacial score (nSPS) is 19.1. The Labute approximate surface area is 146 Å². The fourth-order valence-electron chi connectivity index (χ4n) is 3.48. The van der Waals surface area contributed by atoms with Crippen LogP contribution in [0.25, 0.3) is 23.2 Å². The number of para-hydroxylation sites is 1. The van der Waals surface area contributed by atoms with Crippen LogP contribution >= 0.6 is 0 Å². The van der Waals surface area contributed by atoms with Gasteiger partial charge in [-0.3, -0.25) is 0 Å². The lowest BCUT2D eigenvalue weighted by Gasteiger charge is -2.29. The van der Waals surface area contributed by atoms with Crippen LogP contribution in [0.2, 0.25) is 0 Å². The van der Waals surface area contributed by atoms with Crippen LogP contribution in [-0.4, -0.2) is 46.7 Å². The highest BCUT2D eigenvalue weighted by atomic mass is 19.2. The van der Waals surface area contributed by atoms with Gasteiger partial charge in [0.25, 0.3) is 5.95 Å². The minimum Gasteiger partial charge on any atom is -0.383 e. The molecule has 0 amide bonds. The van der Waals surface area contributed by atoms with Gasteiger partial charge in [-0.2, -0.15) is 9.80 Å². The lowest BCUT2D eigenvalue weighted by Crippen LogP contribution is -2.29. The monoisotopic (exact) mass is 352 g/mol. The van der Waals surface area contributed by atoms with Crippen LogP contribution in [0.1, 0.15) is 18.5 Å². The number of halogens is 1. The maximum Gasteiger partial charge on any atom is 0.259 e. The minimum atomic E-state index is -0.885. The second-order valence-electron chi connectivity index (χ2n) is 6.71. The number of benzene rings is 1. The van der Waals surface area contributed by atoms with Gasteiger partial charge in [0.05, 0.1) is 18.1 Å². The summed E-state index contributed by atoms with van der Waals surface area (Å²) in [6.07, 6.45) is 4.40. The largest absolute Gasteiger partial charge is 0.383 e. The predicted octanol–water partition coefficient (Wildman–Crippen LogP) is 1.24. The van der Waals surface area contributed by atoms with Gasteiger partial charge in [0.2, 0.25) is 0 Å². The molecule has 3 aliphatic rings. The SMILES string of the molecule is OC1(c2cn(-c3nnc4n3C3=CN(F)CN3c3ccccc3-4)nn2)CC1. The highest BCUT2D eigenvalue weighted by molar-refractivity contribution is 5.89. The standard InChI is InChI=1S/C16H13FN8O/c17-22-8-13-23(9-22)11-4-2-1-3-10(11)14-19-20-15(25(13)14)24-7-12(18-21-24)16(26)5-6-16/h1-4,7-8,26H,5-6,9H2. The highest BCUT2D eigenvalue weighted by Gasteiger charge is 2.45. The van der Waals surface area contributed by atoms with Crippen LogP contribution in [0.15, 0.2) is 36.7 Å². The molecule has 130 valence electrons. The summed E-state index contributed by atoms with van der Waals surface area (Å²) in [5, 5.41) is 27.6. The van der Waals surface area contributed by atoms with Gasteiger partial charge >= 0.3 is 0 Å². The van der Waals surface area contributed by atoms with Crippen molar-refractivity contribution in [2.75, 3.05) is 11.6 Å². The molecule has 1 aliphatic carbocycles. The van der Waals surface area contributed by atoms with E-state index in [4.69, 9.17) is 0 Å². The van der Waals surface area contributed by atoms with Crippen molar-refractivity contribution in [3.63, 3.8) is 0 Å². The third-order valence-electron chi connectivity index (χ3n) is 5.02. The second kappa shape index (κ2) is 4.47. The molecule has 1 N–H and O–H groups in total. The zero-order valence-corrected chi connectivity index (χ0v) is 13.5. The molecule has 6 rings (SSSR count). The third-order valence-corrected chi connectivity index (χ3v) is 5.02. The Balaban J connectivity index is 1.56. The smallest absolute Gasteiger partial charge is 0.259 e. The molecule has 26 heavy (non-hydrogen) atoms. The lowest BCUT2D eigenvalue weighted by atomic mass is 10.1. The number of fused-ring (bicyclic) bond motifs is 6. The molecule has 2 aliphatic heterocycles. The number of aliphatic hydroxyl groups is 1. The van der Waals surface area contributed by atoms with Crippen LogP contribution in [0, 0.1) is 0 Å². The molecule has 1 saturated carbocycles. The van der Waals surface area contributed by atoms with Crippen molar-refractivity contribution in [2.45, 2.75) is 18.4 Å². The Morgan fingerprint density at radius 1 is 1.12 bits per heavy atom. The van der Waals surface area contributed by atoms with E-state index >= 15 is 0 Å². The molecular weight excluding hydrogens is 339 g/mol. The van der Waals surface area contributed by atoms with Gasteiger partial charge in [0.1, 0.15) is 23.8 Å². The van der Waals surface area contributed by atoms with Crippen molar-refractivity contribution in [1.29, 1.82) is 0 Å². The first-order valence-corrected chi connectivity index (χ1v) is 8.27. The first kappa shape index (κ1) is 14.0. The first-order chi connectivity index (χ1) is 12.6. The average Bonchev–Trinajstić information content (AvgIpc) is 3.05. The van der Waals surface area contributed by atoms with E-state index in [2.05, 4.69) is 20.5 Å². The Hall–Kier alpha value is -3.27. The molecule has 0 unspecified atom stereocenters. The Bertz CT molecular complexity index is 1080. The van der Waals surface area contributed by atoms with Gasteiger partial charge in [-0.1, -0.05) is 21.8 Å². The summed E-state index contributed by atoms with van der Waals surface area (Å²) in [6.45, 7) is 0.0891. The average molecular weight is 352 g/mol. The second-order valence-corrected chi connectivity index (χ2v) is 6.71. The number of nitrogens with zero attached hydrogens (tertiary/aromatic N) is 8. The van der Waals surface area contributed by atoms with Crippen LogP contribution in [0.5, 0.6) is 0 Å². The number of hydrogen-bond donors (Lipinski definition) is 1. The number of hydrogen-bond acceptors (Lipinski definition) is 7. The molecule has 1 aromatic carbocycles. The summed E-state index contributed by atoms with van der Waals surface area (Å²) in [4.78, 5) is 1.85. The molecule has 0 radical (unpaired) electrons. The number of rotatable bonds is 2. The molecule has 10 heteroatoms. The van der Waals surface area contributed by atoms with E-state index in [1.54, 1.807) is 10.8 Å². The fraction of sp³-hybridized carbons (Fsp3) is 0.250. The zero-order valence-electron chi connectivity index (χ0n) is 13.5. The molecule has 2 aromatic heterocycles. The van der Waals surface area contributed by atoms with Gasteiger partial charge in [0.15, 0.2) is 5.82 Å². The molecule has 0 spiro atoms. The van der Waals surface area contributed by atoms with Crippen molar-refractivity contribution in [2.24, 2.45) is 0 Å². The molecule has 4 heterocycles. The Kier molecular flexibility index (Phi) is 2.40. The van der Waals surface area contributed by atoms with Crippen molar-refractivity contribution in [3.05, 3.63) is 42.4 Å². The van der Waals surface area contributed by atoms with E-state index in [0.29, 0.717) is 41.3 Å². The summed E-state index contributed by atoms with van der Waals surface area (Å²) in [5.74, 6) is 1.60. The summed E-state index contributed by atoms with van der Waals surface area (Å²) in [6, 6.07) is 7.67. The first-order valence-electron chi connectivity index (χ1n) is 8.27. The van der Waals surface area contributed by atoms with Crippen molar-refractivity contribution >= 4 is 11.5 Å². The van der Waals surface area contributed by atoms with E-state index in [1.807, 2.05) is 29.2 Å². The summed E-state index contributed by atoms with van der Waals surface area (Å²) in [5.41, 5.74) is 1.36. The summed E-state index contributed by atoms with van der Waals surface area (Å²) >= 11 is 0.